The molecular weight excluding hydrogens is 552 g/mol. The fourth-order valence-corrected chi connectivity index (χ4v) is 4.32. The number of hydrogen-bond donors (Lipinski definition) is 0. The van der Waals surface area contributed by atoms with E-state index in [1.54, 1.807) is 38.5 Å². The zero-order valence-electron chi connectivity index (χ0n) is 21.2. The van der Waals surface area contributed by atoms with Crippen LogP contribution in [-0.4, -0.2) is 34.2 Å². The molecule has 0 bridgehead atoms. The number of methoxy groups -OCH3 is 4. The maximum atomic E-state index is 13.1. The normalized spacial score (nSPS) is 11.3. The van der Waals surface area contributed by atoms with Crippen LogP contribution >= 0.6 is 15.9 Å². The first kappa shape index (κ1) is 26.8. The molecular formula is C30H25BrO7. The van der Waals surface area contributed by atoms with Gasteiger partial charge in [-0.25, -0.2) is 4.79 Å². The Hall–Kier alpha value is -4.30. The molecule has 194 valence electrons. The molecule has 4 aromatic rings. The van der Waals surface area contributed by atoms with Crippen LogP contribution in [0.5, 0.6) is 23.0 Å². The third kappa shape index (κ3) is 5.81. The Balaban J connectivity index is 1.73. The van der Waals surface area contributed by atoms with Gasteiger partial charge in [0.15, 0.2) is 17.1 Å². The van der Waals surface area contributed by atoms with Crippen molar-refractivity contribution in [2.24, 2.45) is 0 Å². The molecule has 0 aliphatic carbocycles. The van der Waals surface area contributed by atoms with Crippen molar-refractivity contribution in [1.29, 1.82) is 0 Å². The Bertz CT molecular complexity index is 1600. The quantitative estimate of drug-likeness (QED) is 0.0953. The lowest BCUT2D eigenvalue weighted by Gasteiger charge is -2.11. The molecule has 8 heteroatoms. The molecule has 0 unspecified atom stereocenters. The molecule has 0 spiro atoms. The number of ether oxygens (including phenoxy) is 4. The lowest BCUT2D eigenvalue weighted by atomic mass is 10.0. The van der Waals surface area contributed by atoms with Crippen LogP contribution in [0, 0.1) is 0 Å². The Morgan fingerprint density at radius 1 is 0.789 bits per heavy atom. The minimum absolute atomic E-state index is 0.100. The molecule has 0 atom stereocenters. The molecule has 1 heterocycles. The Kier molecular flexibility index (Phi) is 8.33. The smallest absolute Gasteiger partial charge is 0.347 e. The van der Waals surface area contributed by atoms with Crippen molar-refractivity contribution in [3.8, 4) is 23.0 Å². The number of ketones is 1. The first-order valence-electron chi connectivity index (χ1n) is 11.5. The highest BCUT2D eigenvalue weighted by molar-refractivity contribution is 9.10. The molecule has 3 aromatic carbocycles. The molecule has 1 aromatic heterocycles. The van der Waals surface area contributed by atoms with Gasteiger partial charge in [-0.1, -0.05) is 40.2 Å². The summed E-state index contributed by atoms with van der Waals surface area (Å²) >= 11 is 3.40. The molecule has 0 saturated heterocycles. The van der Waals surface area contributed by atoms with Crippen molar-refractivity contribution in [3.63, 3.8) is 0 Å². The van der Waals surface area contributed by atoms with Crippen molar-refractivity contribution in [2.45, 2.75) is 0 Å². The summed E-state index contributed by atoms with van der Waals surface area (Å²) in [7, 11) is 6.20. The highest BCUT2D eigenvalue weighted by Gasteiger charge is 2.16. The fraction of sp³-hybridized carbons (Fsp3) is 0.133. The Labute approximate surface area is 228 Å². The van der Waals surface area contributed by atoms with Crippen molar-refractivity contribution < 1.29 is 28.2 Å². The number of benzene rings is 3. The van der Waals surface area contributed by atoms with Crippen molar-refractivity contribution in [3.05, 3.63) is 97.8 Å². The summed E-state index contributed by atoms with van der Waals surface area (Å²) in [6.45, 7) is 0. The lowest BCUT2D eigenvalue weighted by molar-refractivity contribution is 0.104. The van der Waals surface area contributed by atoms with E-state index in [0.717, 1.165) is 21.3 Å². The van der Waals surface area contributed by atoms with Gasteiger partial charge in [0, 0.05) is 21.5 Å². The van der Waals surface area contributed by atoms with Gasteiger partial charge in [-0.15, -0.1) is 0 Å². The van der Waals surface area contributed by atoms with Gasteiger partial charge >= 0.3 is 5.63 Å². The van der Waals surface area contributed by atoms with E-state index in [1.807, 2.05) is 42.5 Å². The van der Waals surface area contributed by atoms with Gasteiger partial charge in [0.1, 0.15) is 22.8 Å². The summed E-state index contributed by atoms with van der Waals surface area (Å²) in [5, 5.41) is 0.553. The number of halogens is 1. The van der Waals surface area contributed by atoms with E-state index in [9.17, 15) is 9.59 Å². The van der Waals surface area contributed by atoms with Crippen LogP contribution < -0.4 is 24.6 Å². The highest BCUT2D eigenvalue weighted by Crippen LogP contribution is 2.32. The number of hydrogen-bond acceptors (Lipinski definition) is 7. The van der Waals surface area contributed by atoms with E-state index in [2.05, 4.69) is 15.9 Å². The molecule has 4 rings (SSSR count). The largest absolute Gasteiger partial charge is 0.497 e. The summed E-state index contributed by atoms with van der Waals surface area (Å²) in [5.41, 5.74) is 1.75. The van der Waals surface area contributed by atoms with Gasteiger partial charge in [-0.3, -0.25) is 4.79 Å². The molecule has 0 aliphatic rings. The van der Waals surface area contributed by atoms with Crippen LogP contribution in [0.2, 0.25) is 0 Å². The van der Waals surface area contributed by atoms with Crippen LogP contribution in [0.15, 0.2) is 74.4 Å². The lowest BCUT2D eigenvalue weighted by Crippen LogP contribution is -2.12. The van der Waals surface area contributed by atoms with Crippen LogP contribution in [0.1, 0.15) is 27.0 Å². The Morgan fingerprint density at radius 3 is 2.16 bits per heavy atom. The van der Waals surface area contributed by atoms with Crippen molar-refractivity contribution in [2.75, 3.05) is 28.4 Å². The second-order valence-electron chi connectivity index (χ2n) is 8.11. The fourth-order valence-electron chi connectivity index (χ4n) is 3.87. The second kappa shape index (κ2) is 11.8. The molecule has 0 aliphatic heterocycles. The molecule has 7 nitrogen and oxygen atoms in total. The Morgan fingerprint density at radius 2 is 1.50 bits per heavy atom. The number of fused-ring (bicyclic) bond motifs is 1. The van der Waals surface area contributed by atoms with Gasteiger partial charge in [-0.2, -0.15) is 0 Å². The van der Waals surface area contributed by atoms with E-state index in [0.29, 0.717) is 28.2 Å². The number of carbonyl (C=O) groups excluding carboxylic acids is 1. The summed E-state index contributed by atoms with van der Waals surface area (Å²) in [6.07, 6.45) is 6.75. The SMILES string of the molecule is COc1ccc(/C=C/c2cc(OC)cc(OC)c2/C=C/C(=O)c2cc3cc(Br)cc(OC)c3oc2=O)cc1. The highest BCUT2D eigenvalue weighted by atomic mass is 79.9. The standard InChI is InChI=1S/C30H25BrO7/c1-34-22-9-6-18(7-10-22)5-8-19-14-23(35-2)17-27(36-3)24(19)11-12-26(32)25-15-20-13-21(31)16-28(37-4)29(20)38-30(25)33/h5-17H,1-4H3/b8-5+,12-11+. The van der Waals surface area contributed by atoms with Crippen LogP contribution in [0.25, 0.3) is 29.2 Å². The van der Waals surface area contributed by atoms with Gasteiger partial charge in [-0.05, 0) is 59.7 Å². The van der Waals surface area contributed by atoms with E-state index >= 15 is 0 Å². The first-order valence-corrected chi connectivity index (χ1v) is 12.3. The average Bonchev–Trinajstić information content (AvgIpc) is 2.94. The maximum absolute atomic E-state index is 13.1. The van der Waals surface area contributed by atoms with E-state index < -0.39 is 11.4 Å². The summed E-state index contributed by atoms with van der Waals surface area (Å²) < 4.78 is 27.7. The minimum atomic E-state index is -0.755. The van der Waals surface area contributed by atoms with E-state index in [4.69, 9.17) is 23.4 Å². The molecule has 0 amide bonds. The van der Waals surface area contributed by atoms with Gasteiger partial charge in [0.05, 0.1) is 28.4 Å². The van der Waals surface area contributed by atoms with Crippen LogP contribution in [0.4, 0.5) is 0 Å². The predicted octanol–water partition coefficient (Wildman–Crippen LogP) is 6.66. The molecule has 0 saturated carbocycles. The minimum Gasteiger partial charge on any atom is -0.497 e. The monoisotopic (exact) mass is 576 g/mol. The average molecular weight is 577 g/mol. The van der Waals surface area contributed by atoms with Gasteiger partial charge in [0.2, 0.25) is 0 Å². The van der Waals surface area contributed by atoms with E-state index in [-0.39, 0.29) is 11.1 Å². The van der Waals surface area contributed by atoms with Gasteiger partial charge < -0.3 is 23.4 Å². The maximum Gasteiger partial charge on any atom is 0.347 e. The van der Waals surface area contributed by atoms with Crippen LogP contribution in [-0.2, 0) is 0 Å². The molecule has 0 radical (unpaired) electrons. The van der Waals surface area contributed by atoms with Crippen molar-refractivity contribution >= 4 is 50.9 Å². The molecule has 38 heavy (non-hydrogen) atoms. The number of carbonyl (C=O) groups is 1. The van der Waals surface area contributed by atoms with E-state index in [1.165, 1.54) is 26.4 Å². The summed E-state index contributed by atoms with van der Waals surface area (Å²) in [6, 6.07) is 16.1. The molecule has 0 N–H and O–H groups in total. The number of rotatable bonds is 9. The topological polar surface area (TPSA) is 84.2 Å². The van der Waals surface area contributed by atoms with Crippen molar-refractivity contribution in [1.82, 2.24) is 0 Å². The zero-order valence-corrected chi connectivity index (χ0v) is 22.8. The first-order chi connectivity index (χ1) is 18.4. The third-order valence-electron chi connectivity index (χ3n) is 5.82. The zero-order chi connectivity index (χ0) is 27.2. The molecule has 0 fully saturated rings. The summed E-state index contributed by atoms with van der Waals surface area (Å²) in [4.78, 5) is 25.8. The van der Waals surface area contributed by atoms with Crippen LogP contribution in [0.3, 0.4) is 0 Å². The summed E-state index contributed by atoms with van der Waals surface area (Å²) in [5.74, 6) is 1.73. The third-order valence-corrected chi connectivity index (χ3v) is 6.28. The predicted molar refractivity (Wildman–Crippen MR) is 152 cm³/mol. The number of allylic oxidation sites excluding steroid dienone is 1. The van der Waals surface area contributed by atoms with Gasteiger partial charge in [0.25, 0.3) is 0 Å². The second-order valence-corrected chi connectivity index (χ2v) is 9.03.